The summed E-state index contributed by atoms with van der Waals surface area (Å²) in [5, 5.41) is -7.54. The molecular weight excluding hydrogens is 715 g/mol. The van der Waals surface area contributed by atoms with Crippen molar-refractivity contribution in [3.05, 3.63) is 0 Å². The zero-order valence-corrected chi connectivity index (χ0v) is 26.3. The van der Waals surface area contributed by atoms with Crippen LogP contribution in [0.4, 0.5) is 74.6 Å². The molecule has 0 fully saturated rings. The zero-order chi connectivity index (χ0) is 37.6. The molecule has 0 aromatic carbocycles. The van der Waals surface area contributed by atoms with Crippen LogP contribution in [0.1, 0.15) is 77.6 Å². The Labute approximate surface area is 261 Å². The van der Waals surface area contributed by atoms with Crippen molar-refractivity contribution in [2.45, 2.75) is 125 Å². The predicted octanol–water partition coefficient (Wildman–Crippen LogP) is 9.26. The molecule has 22 heteroatoms. The second-order valence-electron chi connectivity index (χ2n) is 11.8. The van der Waals surface area contributed by atoms with Crippen LogP contribution in [0, 0.1) is 0 Å². The van der Waals surface area contributed by atoms with Crippen molar-refractivity contribution in [1.29, 1.82) is 0 Å². The highest BCUT2D eigenvalue weighted by atomic mass is 32.2. The summed E-state index contributed by atoms with van der Waals surface area (Å²) in [5.74, 6) is -51.6. The van der Waals surface area contributed by atoms with Crippen molar-refractivity contribution in [2.75, 3.05) is 33.7 Å². The smallest absolute Gasteiger partial charge is 0.328 e. The molecule has 4 nitrogen and oxygen atoms in total. The fraction of sp³-hybridized carbons (Fsp3) is 1.00. The summed E-state index contributed by atoms with van der Waals surface area (Å²) >= 11 is 0. The molecule has 0 aromatic heterocycles. The van der Waals surface area contributed by atoms with Crippen LogP contribution in [0.5, 0.6) is 0 Å². The van der Waals surface area contributed by atoms with E-state index >= 15 is 0 Å². The van der Waals surface area contributed by atoms with Crippen LogP contribution in [0.2, 0.25) is 0 Å². The average molecular weight is 754 g/mol. The molecule has 47 heavy (non-hydrogen) atoms. The second kappa shape index (κ2) is 15.7. The summed E-state index contributed by atoms with van der Waals surface area (Å²) < 4.78 is 252. The van der Waals surface area contributed by atoms with Crippen LogP contribution in [-0.2, 0) is 10.0 Å². The summed E-state index contributed by atoms with van der Waals surface area (Å²) in [6, 6.07) is 0. The molecule has 0 saturated carbocycles. The Morgan fingerprint density at radius 2 is 0.787 bits per heavy atom. The first-order valence-electron chi connectivity index (χ1n) is 14.3. The summed E-state index contributed by atoms with van der Waals surface area (Å²) in [4.78, 5) is 0. The molecule has 0 bridgehead atoms. The molecule has 0 aliphatic carbocycles. The number of hydrogen-bond donors (Lipinski definition) is 1. The predicted molar refractivity (Wildman–Crippen MR) is 136 cm³/mol. The number of nitrogens with zero attached hydrogens (tertiary/aromatic N) is 1. The van der Waals surface area contributed by atoms with Gasteiger partial charge in [-0.2, -0.15) is 74.6 Å². The van der Waals surface area contributed by atoms with Gasteiger partial charge in [0.2, 0.25) is 0 Å². The summed E-state index contributed by atoms with van der Waals surface area (Å²) in [6.07, 6.45) is 1.66. The lowest BCUT2D eigenvalue weighted by molar-refractivity contribution is -0.890. The van der Waals surface area contributed by atoms with Gasteiger partial charge in [-0.15, -0.1) is 0 Å². The molecule has 0 saturated heterocycles. The third kappa shape index (κ3) is 9.48. The Kier molecular flexibility index (Phi) is 15.3. The van der Waals surface area contributed by atoms with E-state index in [0.717, 1.165) is 57.8 Å². The Morgan fingerprint density at radius 3 is 1.17 bits per heavy atom. The largest absolute Gasteiger partial charge is 0.460 e. The van der Waals surface area contributed by atoms with E-state index in [-0.39, 0.29) is 11.0 Å². The first kappa shape index (κ1) is 45.7. The van der Waals surface area contributed by atoms with Crippen molar-refractivity contribution in [3.8, 4) is 0 Å². The number of hydrogen-bond acceptors (Lipinski definition) is 2. The molecule has 0 heterocycles. The van der Waals surface area contributed by atoms with Crippen molar-refractivity contribution in [3.63, 3.8) is 0 Å². The maximum Gasteiger partial charge on any atom is 0.460 e. The number of quaternary nitrogens is 1. The van der Waals surface area contributed by atoms with Gasteiger partial charge in [-0.25, -0.2) is 13.1 Å². The van der Waals surface area contributed by atoms with E-state index in [4.69, 9.17) is 0 Å². The molecule has 0 unspecified atom stereocenters. The van der Waals surface area contributed by atoms with Crippen LogP contribution in [0.3, 0.4) is 0 Å². The normalized spacial score (nSPS) is 15.4. The van der Waals surface area contributed by atoms with Crippen LogP contribution in [-0.4, -0.2) is 93.6 Å². The Hall–Kier alpha value is -1.32. The first-order valence-corrected chi connectivity index (χ1v) is 15.8. The Morgan fingerprint density at radius 1 is 0.468 bits per heavy atom. The minimum Gasteiger partial charge on any atom is -0.328 e. The van der Waals surface area contributed by atoms with Gasteiger partial charge < -0.3 is 4.48 Å². The number of nitrogens with one attached hydrogen (secondary N) is 1. The molecule has 284 valence electrons. The van der Waals surface area contributed by atoms with Gasteiger partial charge >= 0.3 is 47.0 Å². The van der Waals surface area contributed by atoms with Crippen LogP contribution < -0.4 is 4.72 Å². The molecule has 0 rings (SSSR count). The van der Waals surface area contributed by atoms with Crippen LogP contribution >= 0.6 is 0 Å². The van der Waals surface area contributed by atoms with Crippen molar-refractivity contribution in [2.24, 2.45) is 0 Å². The monoisotopic (exact) mass is 753 g/mol. The van der Waals surface area contributed by atoms with Gasteiger partial charge in [-0.3, -0.25) is 0 Å². The van der Waals surface area contributed by atoms with E-state index in [0.29, 0.717) is 17.7 Å². The molecule has 0 aliphatic rings. The summed E-state index contributed by atoms with van der Waals surface area (Å²) in [5.41, 5.74) is 0. The van der Waals surface area contributed by atoms with Gasteiger partial charge in [0.25, 0.3) is 10.0 Å². The van der Waals surface area contributed by atoms with E-state index in [1.54, 1.807) is 14.1 Å². The maximum atomic E-state index is 14.2. The van der Waals surface area contributed by atoms with E-state index in [2.05, 4.69) is 6.92 Å². The van der Waals surface area contributed by atoms with Crippen molar-refractivity contribution < 1.29 is 87.5 Å². The third-order valence-electron chi connectivity index (χ3n) is 7.38. The minimum atomic E-state index is -8.84. The molecular formula is C25H38F17N2O2S+. The maximum absolute atomic E-state index is 14.2. The Bertz CT molecular complexity index is 1080. The number of sulfonamides is 1. The fourth-order valence-corrected chi connectivity index (χ4v) is 5.32. The lowest BCUT2D eigenvalue weighted by Gasteiger charge is -2.42. The SMILES string of the molecule is CCCCCCCCCCCC[N+](C)(C)CCCNS(=O)(=O)C(F)(F)C(F)(F)C(F)(F)C(F)(F)C(F)(F)C(F)(F)C(F)(F)C(F)(F)F. The zero-order valence-electron chi connectivity index (χ0n) is 25.5. The molecule has 1 N–H and O–H groups in total. The van der Waals surface area contributed by atoms with Crippen molar-refractivity contribution >= 4 is 10.0 Å². The number of rotatable bonds is 23. The fourth-order valence-electron chi connectivity index (χ4n) is 4.26. The highest BCUT2D eigenvalue weighted by Gasteiger charge is 2.96. The number of halogens is 17. The number of alkyl halides is 17. The third-order valence-corrected chi connectivity index (χ3v) is 8.90. The van der Waals surface area contributed by atoms with E-state index in [1.165, 1.54) is 0 Å². The van der Waals surface area contributed by atoms with Gasteiger partial charge in [0.15, 0.2) is 0 Å². The van der Waals surface area contributed by atoms with Crippen LogP contribution in [0.25, 0.3) is 0 Å². The van der Waals surface area contributed by atoms with E-state index in [1.807, 2.05) is 0 Å². The van der Waals surface area contributed by atoms with Gasteiger partial charge in [0.05, 0.1) is 27.2 Å². The standard InChI is InChI=1S/C25H38F17N2O2S/c1-4-5-6-7-8-9-10-11-12-13-16-44(2,3)17-14-15-43-47(45,46)25(41,42)23(36,37)21(32,33)19(28,29)18(26,27)20(30,31)22(34,35)24(38,39)40/h43H,4-17H2,1-3H3/q+1. The minimum absolute atomic E-state index is 0.0646. The molecule has 0 aromatic rings. The molecule has 0 aliphatic heterocycles. The Balaban J connectivity index is 5.53. The highest BCUT2D eigenvalue weighted by Crippen LogP contribution is 2.64. The number of unbranched alkanes of at least 4 members (excludes halogenated alkanes) is 9. The highest BCUT2D eigenvalue weighted by molar-refractivity contribution is 7.90. The summed E-state index contributed by atoms with van der Waals surface area (Å²) in [7, 11) is -4.08. The quantitative estimate of drug-likeness (QED) is 0.0643. The van der Waals surface area contributed by atoms with Gasteiger partial charge in [0.1, 0.15) is 0 Å². The molecule has 0 atom stereocenters. The van der Waals surface area contributed by atoms with Gasteiger partial charge in [0, 0.05) is 13.0 Å². The topological polar surface area (TPSA) is 46.2 Å². The first-order chi connectivity index (χ1) is 20.8. The average Bonchev–Trinajstić information content (AvgIpc) is 2.90. The van der Waals surface area contributed by atoms with E-state index in [9.17, 15) is 83.1 Å². The lowest BCUT2D eigenvalue weighted by Crippen LogP contribution is -2.75. The van der Waals surface area contributed by atoms with Gasteiger partial charge in [-0.1, -0.05) is 58.3 Å². The summed E-state index contributed by atoms with van der Waals surface area (Å²) in [6.45, 7) is 1.23. The van der Waals surface area contributed by atoms with E-state index < -0.39 is 70.0 Å². The molecule has 0 spiro atoms. The van der Waals surface area contributed by atoms with Crippen LogP contribution in [0.15, 0.2) is 0 Å². The van der Waals surface area contributed by atoms with Crippen molar-refractivity contribution in [1.82, 2.24) is 4.72 Å². The van der Waals surface area contributed by atoms with Gasteiger partial charge in [-0.05, 0) is 12.8 Å². The second-order valence-corrected chi connectivity index (χ2v) is 13.6. The molecule has 0 radical (unpaired) electrons. The lowest BCUT2D eigenvalue weighted by atomic mass is 9.91. The molecule has 0 amide bonds.